The van der Waals surface area contributed by atoms with Crippen LogP contribution in [-0.2, 0) is 12.8 Å². The third-order valence-electron chi connectivity index (χ3n) is 4.47. The van der Waals surface area contributed by atoms with Crippen LogP contribution in [0.1, 0.15) is 18.1 Å². The third kappa shape index (κ3) is 5.28. The Balaban J connectivity index is 2.29. The number of rotatable bonds is 11. The predicted octanol–water partition coefficient (Wildman–Crippen LogP) is 4.47. The second-order valence-corrected chi connectivity index (χ2v) is 6.49. The summed E-state index contributed by atoms with van der Waals surface area (Å²) in [5.41, 5.74) is 2.03. The van der Waals surface area contributed by atoms with Crippen molar-refractivity contribution in [3.05, 3.63) is 48.0 Å². The molecule has 0 aliphatic carbocycles. The van der Waals surface area contributed by atoms with Gasteiger partial charge in [-0.15, -0.1) is 6.58 Å². The smallest absolute Gasteiger partial charge is 0.203 e. The lowest BCUT2D eigenvalue weighted by molar-refractivity contribution is 0.201. The minimum Gasteiger partial charge on any atom is -0.493 e. The number of methoxy groups -OCH3 is 5. The zero-order valence-corrected chi connectivity index (χ0v) is 18.0. The fraction of sp³-hybridized carbons (Fsp3) is 0.391. The first-order valence-electron chi connectivity index (χ1n) is 9.32. The Morgan fingerprint density at radius 3 is 1.59 bits per heavy atom. The molecule has 0 amide bonds. The normalized spacial score (nSPS) is 11.4. The van der Waals surface area contributed by atoms with Crippen molar-refractivity contribution in [3.8, 4) is 34.5 Å². The van der Waals surface area contributed by atoms with Crippen LogP contribution in [0.3, 0.4) is 0 Å². The SMILES string of the molecule is C=CCc1cc(OC)c(O[C@@H](C)Cc2cc(OC)c(OC)c(OC)c2)c(OC)c1. The van der Waals surface area contributed by atoms with Gasteiger partial charge in [-0.3, -0.25) is 0 Å². The van der Waals surface area contributed by atoms with Crippen LogP contribution in [-0.4, -0.2) is 41.7 Å². The van der Waals surface area contributed by atoms with E-state index in [9.17, 15) is 0 Å². The summed E-state index contributed by atoms with van der Waals surface area (Å²) in [4.78, 5) is 0. The first-order chi connectivity index (χ1) is 14.0. The topological polar surface area (TPSA) is 55.4 Å². The number of hydrogen-bond donors (Lipinski definition) is 0. The molecular formula is C23H30O6. The summed E-state index contributed by atoms with van der Waals surface area (Å²) >= 11 is 0. The van der Waals surface area contributed by atoms with E-state index in [2.05, 4.69) is 6.58 Å². The summed E-state index contributed by atoms with van der Waals surface area (Å²) in [6.07, 6.45) is 3.01. The molecule has 0 aliphatic rings. The van der Waals surface area contributed by atoms with E-state index in [0.29, 0.717) is 47.3 Å². The Kier molecular flexibility index (Phi) is 8.07. The molecule has 0 N–H and O–H groups in total. The van der Waals surface area contributed by atoms with Gasteiger partial charge in [-0.25, -0.2) is 0 Å². The lowest BCUT2D eigenvalue weighted by Gasteiger charge is -2.21. The molecule has 2 rings (SSSR count). The van der Waals surface area contributed by atoms with Crippen LogP contribution in [0.5, 0.6) is 34.5 Å². The molecule has 0 heterocycles. The summed E-state index contributed by atoms with van der Waals surface area (Å²) in [7, 11) is 8.01. The zero-order chi connectivity index (χ0) is 21.4. The molecule has 0 unspecified atom stereocenters. The average Bonchev–Trinajstić information content (AvgIpc) is 2.73. The van der Waals surface area contributed by atoms with E-state index in [1.54, 1.807) is 35.5 Å². The Bertz CT molecular complexity index is 780. The molecule has 0 aliphatic heterocycles. The van der Waals surface area contributed by atoms with Crippen molar-refractivity contribution in [2.75, 3.05) is 35.5 Å². The van der Waals surface area contributed by atoms with Crippen LogP contribution in [0.15, 0.2) is 36.9 Å². The van der Waals surface area contributed by atoms with Crippen LogP contribution in [0.2, 0.25) is 0 Å². The molecule has 0 spiro atoms. The van der Waals surface area contributed by atoms with Crippen LogP contribution in [0, 0.1) is 0 Å². The van der Waals surface area contributed by atoms with E-state index in [1.165, 1.54) is 0 Å². The van der Waals surface area contributed by atoms with Crippen molar-refractivity contribution in [1.29, 1.82) is 0 Å². The number of allylic oxidation sites excluding steroid dienone is 1. The van der Waals surface area contributed by atoms with Crippen LogP contribution >= 0.6 is 0 Å². The quantitative estimate of drug-likeness (QED) is 0.517. The molecule has 1 atom stereocenters. The molecule has 0 saturated carbocycles. The van der Waals surface area contributed by atoms with Gasteiger partial charge in [0.05, 0.1) is 35.5 Å². The van der Waals surface area contributed by atoms with Crippen LogP contribution in [0.4, 0.5) is 0 Å². The summed E-state index contributed by atoms with van der Waals surface area (Å²) in [5.74, 6) is 3.60. The van der Waals surface area contributed by atoms with Crippen molar-refractivity contribution >= 4 is 0 Å². The molecule has 2 aromatic carbocycles. The van der Waals surface area contributed by atoms with E-state index in [4.69, 9.17) is 28.4 Å². The lowest BCUT2D eigenvalue weighted by Crippen LogP contribution is -2.16. The zero-order valence-electron chi connectivity index (χ0n) is 18.0. The van der Waals surface area contributed by atoms with E-state index in [-0.39, 0.29) is 6.10 Å². The van der Waals surface area contributed by atoms with Crippen molar-refractivity contribution < 1.29 is 28.4 Å². The second-order valence-electron chi connectivity index (χ2n) is 6.49. The monoisotopic (exact) mass is 402 g/mol. The van der Waals surface area contributed by atoms with Crippen molar-refractivity contribution in [2.24, 2.45) is 0 Å². The molecular weight excluding hydrogens is 372 g/mol. The maximum atomic E-state index is 6.21. The maximum Gasteiger partial charge on any atom is 0.203 e. The van der Waals surface area contributed by atoms with E-state index in [0.717, 1.165) is 11.1 Å². The highest BCUT2D eigenvalue weighted by Gasteiger charge is 2.19. The first-order valence-corrected chi connectivity index (χ1v) is 9.32. The Labute approximate surface area is 172 Å². The average molecular weight is 402 g/mol. The largest absolute Gasteiger partial charge is 0.493 e. The van der Waals surface area contributed by atoms with Crippen molar-refractivity contribution in [2.45, 2.75) is 25.9 Å². The number of hydrogen-bond acceptors (Lipinski definition) is 6. The van der Waals surface area contributed by atoms with Gasteiger partial charge in [0.1, 0.15) is 6.10 Å². The summed E-state index contributed by atoms with van der Waals surface area (Å²) in [5, 5.41) is 0. The summed E-state index contributed by atoms with van der Waals surface area (Å²) < 4.78 is 33.5. The van der Waals surface area contributed by atoms with Gasteiger partial charge in [0.25, 0.3) is 0 Å². The molecule has 0 bridgehead atoms. The molecule has 0 radical (unpaired) electrons. The van der Waals surface area contributed by atoms with Gasteiger partial charge in [0.2, 0.25) is 11.5 Å². The highest BCUT2D eigenvalue weighted by atomic mass is 16.5. The van der Waals surface area contributed by atoms with Crippen molar-refractivity contribution in [1.82, 2.24) is 0 Å². The summed E-state index contributed by atoms with van der Waals surface area (Å²) in [6, 6.07) is 7.71. The Morgan fingerprint density at radius 2 is 1.17 bits per heavy atom. The molecule has 29 heavy (non-hydrogen) atoms. The second kappa shape index (κ2) is 10.5. The molecule has 0 fully saturated rings. The molecule has 2 aromatic rings. The van der Waals surface area contributed by atoms with Crippen LogP contribution in [0.25, 0.3) is 0 Å². The predicted molar refractivity (Wildman–Crippen MR) is 113 cm³/mol. The fourth-order valence-electron chi connectivity index (χ4n) is 3.16. The fourth-order valence-corrected chi connectivity index (χ4v) is 3.16. The van der Waals surface area contributed by atoms with Gasteiger partial charge < -0.3 is 28.4 Å². The van der Waals surface area contributed by atoms with Gasteiger partial charge >= 0.3 is 0 Å². The molecule has 158 valence electrons. The van der Waals surface area contributed by atoms with E-state index in [1.807, 2.05) is 37.3 Å². The molecule has 6 nitrogen and oxygen atoms in total. The van der Waals surface area contributed by atoms with Gasteiger partial charge in [0, 0.05) is 6.42 Å². The minimum absolute atomic E-state index is 0.161. The molecule has 6 heteroatoms. The highest BCUT2D eigenvalue weighted by molar-refractivity contribution is 5.55. The minimum atomic E-state index is -0.161. The van der Waals surface area contributed by atoms with E-state index >= 15 is 0 Å². The van der Waals surface area contributed by atoms with Gasteiger partial charge in [-0.2, -0.15) is 0 Å². The number of ether oxygens (including phenoxy) is 6. The molecule has 0 aromatic heterocycles. The first kappa shape index (κ1) is 22.3. The maximum absolute atomic E-state index is 6.21. The van der Waals surface area contributed by atoms with Gasteiger partial charge in [-0.05, 0) is 48.7 Å². The third-order valence-corrected chi connectivity index (χ3v) is 4.47. The summed E-state index contributed by atoms with van der Waals surface area (Å²) in [6.45, 7) is 5.77. The van der Waals surface area contributed by atoms with Crippen LogP contribution < -0.4 is 28.4 Å². The highest BCUT2D eigenvalue weighted by Crippen LogP contribution is 2.41. The Hall–Kier alpha value is -3.02. The van der Waals surface area contributed by atoms with E-state index < -0.39 is 0 Å². The molecule has 0 saturated heterocycles. The van der Waals surface area contributed by atoms with Gasteiger partial charge in [-0.1, -0.05) is 6.08 Å². The Morgan fingerprint density at radius 1 is 0.724 bits per heavy atom. The number of benzene rings is 2. The standard InChI is InChI=1S/C23H30O6/c1-8-9-16-11-20(26-5)23(21(12-16)27-6)29-15(2)10-17-13-18(24-3)22(28-7)19(14-17)25-4/h8,11-15H,1,9-10H2,2-7H3/t15-/m0/s1. The van der Waals surface area contributed by atoms with Gasteiger partial charge in [0.15, 0.2) is 23.0 Å². The van der Waals surface area contributed by atoms with Crippen molar-refractivity contribution in [3.63, 3.8) is 0 Å². The lowest BCUT2D eigenvalue weighted by atomic mass is 10.1.